The minimum Gasteiger partial charge on any atom is -0.382 e. The fourth-order valence-corrected chi connectivity index (χ4v) is 1.45. The molecule has 0 aromatic carbocycles. The number of ether oxygens (including phenoxy) is 2. The zero-order valence-corrected chi connectivity index (χ0v) is 10.0. The van der Waals surface area contributed by atoms with Gasteiger partial charge in [0.1, 0.15) is 0 Å². The van der Waals surface area contributed by atoms with Gasteiger partial charge in [-0.2, -0.15) is 0 Å². The van der Waals surface area contributed by atoms with E-state index in [-0.39, 0.29) is 0 Å². The van der Waals surface area contributed by atoms with Crippen LogP contribution in [0.3, 0.4) is 0 Å². The molecule has 0 aromatic heterocycles. The summed E-state index contributed by atoms with van der Waals surface area (Å²) in [5, 5.41) is 3.49. The number of hydrogen-bond acceptors (Lipinski definition) is 3. The Balaban J connectivity index is 3.30. The Morgan fingerprint density at radius 2 is 1.86 bits per heavy atom. The summed E-state index contributed by atoms with van der Waals surface area (Å²) in [6.07, 6.45) is 2.45. The molecule has 0 amide bonds. The molecule has 0 heterocycles. The molecule has 14 heavy (non-hydrogen) atoms. The Morgan fingerprint density at radius 3 is 2.43 bits per heavy atom. The van der Waals surface area contributed by atoms with Gasteiger partial charge >= 0.3 is 0 Å². The molecule has 1 N–H and O–H groups in total. The van der Waals surface area contributed by atoms with Crippen molar-refractivity contribution in [3.8, 4) is 0 Å². The molecule has 0 aliphatic carbocycles. The summed E-state index contributed by atoms with van der Waals surface area (Å²) >= 11 is 0. The van der Waals surface area contributed by atoms with E-state index in [4.69, 9.17) is 9.47 Å². The standard InChI is InChI=1S/C11H25NO2/c1-5-6-10(2)12-11(3)9-14-8-7-13-4/h10-12H,5-9H2,1-4H3. The highest BCUT2D eigenvalue weighted by Crippen LogP contribution is 1.97. The minimum absolute atomic E-state index is 0.424. The van der Waals surface area contributed by atoms with Crippen molar-refractivity contribution in [2.75, 3.05) is 26.9 Å². The molecule has 2 unspecified atom stereocenters. The van der Waals surface area contributed by atoms with Crippen LogP contribution in [0.4, 0.5) is 0 Å². The average Bonchev–Trinajstić information content (AvgIpc) is 2.13. The third-order valence-corrected chi connectivity index (χ3v) is 2.09. The summed E-state index contributed by atoms with van der Waals surface area (Å²) in [6.45, 7) is 8.70. The van der Waals surface area contributed by atoms with Crippen molar-refractivity contribution in [2.45, 2.75) is 45.7 Å². The van der Waals surface area contributed by atoms with E-state index in [2.05, 4.69) is 26.1 Å². The molecular weight excluding hydrogens is 178 g/mol. The smallest absolute Gasteiger partial charge is 0.0701 e. The summed E-state index contributed by atoms with van der Waals surface area (Å²) in [5.74, 6) is 0. The quantitative estimate of drug-likeness (QED) is 0.580. The number of methoxy groups -OCH3 is 1. The lowest BCUT2D eigenvalue weighted by Gasteiger charge is -2.19. The molecule has 0 spiro atoms. The van der Waals surface area contributed by atoms with Crippen LogP contribution >= 0.6 is 0 Å². The lowest BCUT2D eigenvalue weighted by molar-refractivity contribution is 0.0595. The van der Waals surface area contributed by atoms with Crippen LogP contribution in [0.1, 0.15) is 33.6 Å². The van der Waals surface area contributed by atoms with Gasteiger partial charge in [0, 0.05) is 19.2 Å². The maximum Gasteiger partial charge on any atom is 0.0701 e. The van der Waals surface area contributed by atoms with Crippen LogP contribution in [-0.4, -0.2) is 39.0 Å². The van der Waals surface area contributed by atoms with Gasteiger partial charge in [-0.25, -0.2) is 0 Å². The molecule has 3 heteroatoms. The Hall–Kier alpha value is -0.120. The Morgan fingerprint density at radius 1 is 1.14 bits per heavy atom. The first kappa shape index (κ1) is 13.9. The molecule has 0 aliphatic heterocycles. The molecule has 0 saturated carbocycles. The van der Waals surface area contributed by atoms with Crippen LogP contribution in [-0.2, 0) is 9.47 Å². The zero-order valence-electron chi connectivity index (χ0n) is 10.0. The molecule has 0 rings (SSSR count). The van der Waals surface area contributed by atoms with Crippen LogP contribution in [0.15, 0.2) is 0 Å². The minimum atomic E-state index is 0.424. The summed E-state index contributed by atoms with van der Waals surface area (Å²) in [7, 11) is 1.69. The van der Waals surface area contributed by atoms with Gasteiger partial charge < -0.3 is 14.8 Å². The van der Waals surface area contributed by atoms with Crippen molar-refractivity contribution in [2.24, 2.45) is 0 Å². The maximum absolute atomic E-state index is 5.43. The summed E-state index contributed by atoms with van der Waals surface area (Å²) in [6, 6.07) is 1.01. The van der Waals surface area contributed by atoms with Gasteiger partial charge in [-0.1, -0.05) is 13.3 Å². The monoisotopic (exact) mass is 203 g/mol. The van der Waals surface area contributed by atoms with Gasteiger partial charge in [-0.15, -0.1) is 0 Å². The number of rotatable bonds is 9. The molecule has 0 bridgehead atoms. The summed E-state index contributed by atoms with van der Waals surface area (Å²) < 4.78 is 10.3. The first-order valence-electron chi connectivity index (χ1n) is 5.53. The lowest BCUT2D eigenvalue weighted by atomic mass is 10.2. The molecule has 86 valence electrons. The molecule has 0 aliphatic rings. The fourth-order valence-electron chi connectivity index (χ4n) is 1.45. The molecule has 3 nitrogen and oxygen atoms in total. The predicted octanol–water partition coefficient (Wildman–Crippen LogP) is 1.82. The van der Waals surface area contributed by atoms with Crippen molar-refractivity contribution in [1.29, 1.82) is 0 Å². The molecule has 2 atom stereocenters. The SMILES string of the molecule is CCCC(C)NC(C)COCCOC. The van der Waals surface area contributed by atoms with Crippen LogP contribution in [0, 0.1) is 0 Å². The molecule has 0 fully saturated rings. The fraction of sp³-hybridized carbons (Fsp3) is 1.00. The molecule has 0 aromatic rings. The lowest BCUT2D eigenvalue weighted by Crippen LogP contribution is -2.37. The first-order valence-corrected chi connectivity index (χ1v) is 5.53. The van der Waals surface area contributed by atoms with Crippen LogP contribution in [0.2, 0.25) is 0 Å². The van der Waals surface area contributed by atoms with E-state index < -0.39 is 0 Å². The number of hydrogen-bond donors (Lipinski definition) is 1. The average molecular weight is 203 g/mol. The van der Waals surface area contributed by atoms with Gasteiger partial charge in [0.2, 0.25) is 0 Å². The van der Waals surface area contributed by atoms with E-state index in [1.54, 1.807) is 7.11 Å². The van der Waals surface area contributed by atoms with Crippen LogP contribution in [0.25, 0.3) is 0 Å². The van der Waals surface area contributed by atoms with Crippen molar-refractivity contribution in [3.05, 3.63) is 0 Å². The van der Waals surface area contributed by atoms with Gasteiger partial charge in [0.05, 0.1) is 19.8 Å². The summed E-state index contributed by atoms with van der Waals surface area (Å²) in [4.78, 5) is 0. The highest BCUT2D eigenvalue weighted by molar-refractivity contribution is 4.66. The van der Waals surface area contributed by atoms with Gasteiger partial charge in [-0.05, 0) is 20.3 Å². The second kappa shape index (κ2) is 9.44. The van der Waals surface area contributed by atoms with Crippen molar-refractivity contribution in [1.82, 2.24) is 5.32 Å². The number of nitrogens with one attached hydrogen (secondary N) is 1. The third-order valence-electron chi connectivity index (χ3n) is 2.09. The molecular formula is C11H25NO2. The van der Waals surface area contributed by atoms with E-state index in [9.17, 15) is 0 Å². The third kappa shape index (κ3) is 8.48. The van der Waals surface area contributed by atoms with E-state index in [0.29, 0.717) is 25.3 Å². The largest absolute Gasteiger partial charge is 0.382 e. The van der Waals surface area contributed by atoms with E-state index >= 15 is 0 Å². The van der Waals surface area contributed by atoms with Crippen LogP contribution < -0.4 is 5.32 Å². The Bertz CT molecular complexity index is 120. The first-order chi connectivity index (χ1) is 6.70. The van der Waals surface area contributed by atoms with Crippen LogP contribution in [0.5, 0.6) is 0 Å². The predicted molar refractivity (Wildman–Crippen MR) is 59.7 cm³/mol. The van der Waals surface area contributed by atoms with Gasteiger partial charge in [0.15, 0.2) is 0 Å². The van der Waals surface area contributed by atoms with Crippen molar-refractivity contribution in [3.63, 3.8) is 0 Å². The Labute approximate surface area is 88.2 Å². The topological polar surface area (TPSA) is 30.5 Å². The molecule has 0 radical (unpaired) electrons. The Kier molecular flexibility index (Phi) is 9.35. The van der Waals surface area contributed by atoms with Crippen molar-refractivity contribution < 1.29 is 9.47 Å². The second-order valence-electron chi connectivity index (χ2n) is 3.83. The van der Waals surface area contributed by atoms with E-state index in [1.807, 2.05) is 0 Å². The van der Waals surface area contributed by atoms with Crippen molar-refractivity contribution >= 4 is 0 Å². The highest BCUT2D eigenvalue weighted by Gasteiger charge is 2.05. The normalized spacial score (nSPS) is 15.4. The van der Waals surface area contributed by atoms with E-state index in [1.165, 1.54) is 12.8 Å². The second-order valence-corrected chi connectivity index (χ2v) is 3.83. The highest BCUT2D eigenvalue weighted by atomic mass is 16.5. The molecule has 0 saturated heterocycles. The zero-order chi connectivity index (χ0) is 10.8. The van der Waals surface area contributed by atoms with E-state index in [0.717, 1.165) is 6.61 Å². The maximum atomic E-state index is 5.43. The summed E-state index contributed by atoms with van der Waals surface area (Å²) in [5.41, 5.74) is 0. The van der Waals surface area contributed by atoms with Gasteiger partial charge in [0.25, 0.3) is 0 Å². The van der Waals surface area contributed by atoms with Gasteiger partial charge in [-0.3, -0.25) is 0 Å².